The van der Waals surface area contributed by atoms with Crippen LogP contribution in [0.25, 0.3) is 0 Å². The lowest BCUT2D eigenvalue weighted by molar-refractivity contribution is -0.134. The normalized spacial score (nSPS) is 18.1. The summed E-state index contributed by atoms with van der Waals surface area (Å²) >= 11 is 0. The first-order valence-electron chi connectivity index (χ1n) is 8.73. The number of hydrogen-bond donors (Lipinski definition) is 1. The third kappa shape index (κ3) is 3.67. The number of imidazole rings is 1. The number of benzene rings is 1. The van der Waals surface area contributed by atoms with Gasteiger partial charge in [0.05, 0.1) is 6.04 Å². The Morgan fingerprint density at radius 1 is 1.33 bits per heavy atom. The van der Waals surface area contributed by atoms with Crippen LogP contribution < -0.4 is 5.32 Å². The van der Waals surface area contributed by atoms with Gasteiger partial charge in [0.1, 0.15) is 5.82 Å². The van der Waals surface area contributed by atoms with Crippen LogP contribution in [-0.4, -0.2) is 40.0 Å². The minimum Gasteiger partial charge on any atom is -0.334 e. The Hall–Kier alpha value is -2.14. The van der Waals surface area contributed by atoms with Gasteiger partial charge in [-0.05, 0) is 5.56 Å². The van der Waals surface area contributed by atoms with Crippen LogP contribution >= 0.6 is 0 Å². The highest BCUT2D eigenvalue weighted by Gasteiger charge is 2.27. The highest BCUT2D eigenvalue weighted by Crippen LogP contribution is 2.23. The van der Waals surface area contributed by atoms with Crippen LogP contribution in [0, 0.1) is 0 Å². The van der Waals surface area contributed by atoms with Crippen LogP contribution in [0.1, 0.15) is 43.6 Å². The molecule has 1 atom stereocenters. The number of carbonyl (C=O) groups is 1. The van der Waals surface area contributed by atoms with Crippen molar-refractivity contribution < 1.29 is 4.79 Å². The summed E-state index contributed by atoms with van der Waals surface area (Å²) in [6.07, 6.45) is 4.30. The molecule has 0 aliphatic carbocycles. The van der Waals surface area contributed by atoms with E-state index in [1.54, 1.807) is 0 Å². The zero-order valence-corrected chi connectivity index (χ0v) is 14.5. The van der Waals surface area contributed by atoms with Gasteiger partial charge in [-0.15, -0.1) is 0 Å². The van der Waals surface area contributed by atoms with Gasteiger partial charge in [-0.1, -0.05) is 44.2 Å². The molecule has 0 saturated carbocycles. The van der Waals surface area contributed by atoms with Crippen molar-refractivity contribution in [2.45, 2.75) is 38.8 Å². The van der Waals surface area contributed by atoms with Crippen molar-refractivity contribution in [3.05, 3.63) is 54.1 Å². The summed E-state index contributed by atoms with van der Waals surface area (Å²) in [5, 5.41) is 3.40. The summed E-state index contributed by atoms with van der Waals surface area (Å²) in [6, 6.07) is 10.4. The van der Waals surface area contributed by atoms with Crippen molar-refractivity contribution in [2.75, 3.05) is 19.6 Å². The first kappa shape index (κ1) is 16.7. The van der Waals surface area contributed by atoms with Gasteiger partial charge in [-0.2, -0.15) is 0 Å². The molecule has 2 aromatic rings. The van der Waals surface area contributed by atoms with E-state index >= 15 is 0 Å². The molecular formula is C19H26N4O. The molecule has 0 radical (unpaired) electrons. The van der Waals surface area contributed by atoms with Gasteiger partial charge in [0.2, 0.25) is 5.91 Å². The summed E-state index contributed by atoms with van der Waals surface area (Å²) in [7, 11) is 0. The number of carbonyl (C=O) groups excluding carboxylic acids is 1. The molecule has 1 aromatic carbocycles. The van der Waals surface area contributed by atoms with Crippen molar-refractivity contribution in [1.29, 1.82) is 0 Å². The number of amides is 1. The molecule has 1 amide bonds. The van der Waals surface area contributed by atoms with E-state index in [-0.39, 0.29) is 11.9 Å². The van der Waals surface area contributed by atoms with Crippen molar-refractivity contribution in [3.8, 4) is 0 Å². The van der Waals surface area contributed by atoms with Gasteiger partial charge in [0.25, 0.3) is 0 Å². The summed E-state index contributed by atoms with van der Waals surface area (Å²) < 4.78 is 2.10. The van der Waals surface area contributed by atoms with Gasteiger partial charge >= 0.3 is 0 Å². The molecule has 1 saturated heterocycles. The van der Waals surface area contributed by atoms with Gasteiger partial charge in [-0.3, -0.25) is 4.79 Å². The monoisotopic (exact) mass is 326 g/mol. The number of rotatable bonds is 5. The van der Waals surface area contributed by atoms with E-state index in [4.69, 9.17) is 0 Å². The quantitative estimate of drug-likeness (QED) is 0.919. The second-order valence-electron chi connectivity index (χ2n) is 6.60. The van der Waals surface area contributed by atoms with Gasteiger partial charge in [0, 0.05) is 50.9 Å². The van der Waals surface area contributed by atoms with Gasteiger partial charge in [-0.25, -0.2) is 4.98 Å². The molecule has 24 heavy (non-hydrogen) atoms. The van der Waals surface area contributed by atoms with E-state index in [9.17, 15) is 4.79 Å². The Balaban J connectivity index is 1.67. The molecule has 1 aliphatic rings. The fourth-order valence-corrected chi connectivity index (χ4v) is 3.35. The van der Waals surface area contributed by atoms with Crippen molar-refractivity contribution >= 4 is 5.91 Å². The molecule has 1 unspecified atom stereocenters. The molecule has 1 aliphatic heterocycles. The number of piperazine rings is 1. The number of aryl methyl sites for hydroxylation is 1. The standard InChI is InChI=1S/C19H26N4O/c1-15(2)19-21-10-12-22(19)11-8-18(24)23-13-9-20-14-17(23)16-6-4-3-5-7-16/h3-7,10,12,15,17,20H,8-9,11,13-14H2,1-2H3. The molecule has 0 spiro atoms. The van der Waals surface area contributed by atoms with E-state index in [0.717, 1.165) is 25.5 Å². The number of aromatic nitrogens is 2. The number of nitrogens with one attached hydrogen (secondary N) is 1. The first-order chi connectivity index (χ1) is 11.7. The summed E-state index contributed by atoms with van der Waals surface area (Å²) in [4.78, 5) is 19.2. The third-order valence-electron chi connectivity index (χ3n) is 4.58. The maximum absolute atomic E-state index is 12.8. The zero-order valence-electron chi connectivity index (χ0n) is 14.5. The molecule has 3 rings (SSSR count). The predicted molar refractivity (Wildman–Crippen MR) is 94.7 cm³/mol. The van der Waals surface area contributed by atoms with Crippen LogP contribution in [-0.2, 0) is 11.3 Å². The van der Waals surface area contributed by atoms with E-state index < -0.39 is 0 Å². The smallest absolute Gasteiger partial charge is 0.224 e. The average molecular weight is 326 g/mol. The van der Waals surface area contributed by atoms with Crippen molar-refractivity contribution in [2.24, 2.45) is 0 Å². The molecule has 128 valence electrons. The second-order valence-corrected chi connectivity index (χ2v) is 6.60. The highest BCUT2D eigenvalue weighted by atomic mass is 16.2. The van der Waals surface area contributed by atoms with Gasteiger partial charge < -0.3 is 14.8 Å². The second kappa shape index (κ2) is 7.62. The minimum atomic E-state index is 0.125. The van der Waals surface area contributed by atoms with Crippen LogP contribution in [0.5, 0.6) is 0 Å². The molecule has 2 heterocycles. The molecule has 5 nitrogen and oxygen atoms in total. The summed E-state index contributed by atoms with van der Waals surface area (Å²) in [5.74, 6) is 1.63. The average Bonchev–Trinajstić information content (AvgIpc) is 3.09. The maximum Gasteiger partial charge on any atom is 0.224 e. The number of nitrogens with zero attached hydrogens (tertiary/aromatic N) is 3. The topological polar surface area (TPSA) is 50.2 Å². The summed E-state index contributed by atoms with van der Waals surface area (Å²) in [6.45, 7) is 7.39. The molecule has 0 bridgehead atoms. The first-order valence-corrected chi connectivity index (χ1v) is 8.73. The van der Waals surface area contributed by atoms with Gasteiger partial charge in [0.15, 0.2) is 0 Å². The lowest BCUT2D eigenvalue weighted by Gasteiger charge is -2.36. The van der Waals surface area contributed by atoms with E-state index in [2.05, 4.69) is 40.8 Å². The minimum absolute atomic E-state index is 0.125. The zero-order chi connectivity index (χ0) is 16.9. The highest BCUT2D eigenvalue weighted by molar-refractivity contribution is 5.77. The molecule has 1 N–H and O–H groups in total. The number of hydrogen-bond acceptors (Lipinski definition) is 3. The Morgan fingerprint density at radius 3 is 2.88 bits per heavy atom. The van der Waals surface area contributed by atoms with E-state index in [0.29, 0.717) is 18.9 Å². The van der Waals surface area contributed by atoms with E-state index in [1.807, 2.05) is 35.5 Å². The predicted octanol–water partition coefficient (Wildman–Crippen LogP) is 2.57. The molecule has 5 heteroatoms. The summed E-state index contributed by atoms with van der Waals surface area (Å²) in [5.41, 5.74) is 1.20. The van der Waals surface area contributed by atoms with E-state index in [1.165, 1.54) is 5.56 Å². The molecule has 1 aromatic heterocycles. The lowest BCUT2D eigenvalue weighted by Crippen LogP contribution is -2.48. The van der Waals surface area contributed by atoms with Crippen LogP contribution in [0.15, 0.2) is 42.7 Å². The Morgan fingerprint density at radius 2 is 2.12 bits per heavy atom. The Labute approximate surface area is 143 Å². The fourth-order valence-electron chi connectivity index (χ4n) is 3.35. The Kier molecular flexibility index (Phi) is 5.30. The van der Waals surface area contributed by atoms with Crippen molar-refractivity contribution in [1.82, 2.24) is 19.8 Å². The molecular weight excluding hydrogens is 300 g/mol. The fraction of sp³-hybridized carbons (Fsp3) is 0.474. The SMILES string of the molecule is CC(C)c1nccn1CCC(=O)N1CCNCC1c1ccccc1. The largest absolute Gasteiger partial charge is 0.334 e. The lowest BCUT2D eigenvalue weighted by atomic mass is 10.0. The van der Waals surface area contributed by atoms with Crippen LogP contribution in [0.4, 0.5) is 0 Å². The van der Waals surface area contributed by atoms with Crippen LogP contribution in [0.3, 0.4) is 0 Å². The van der Waals surface area contributed by atoms with Crippen LogP contribution in [0.2, 0.25) is 0 Å². The van der Waals surface area contributed by atoms with Crippen molar-refractivity contribution in [3.63, 3.8) is 0 Å². The molecule has 1 fully saturated rings. The third-order valence-corrected chi connectivity index (χ3v) is 4.58. The maximum atomic E-state index is 12.8. The Bertz CT molecular complexity index is 665.